The second-order valence-electron chi connectivity index (χ2n) is 7.93. The molecule has 0 unspecified atom stereocenters. The number of amides is 2. The highest BCUT2D eigenvalue weighted by Gasteiger charge is 2.60. The summed E-state index contributed by atoms with van der Waals surface area (Å²) in [6.07, 6.45) is 1.66. The Kier molecular flexibility index (Phi) is 8.35. The topological polar surface area (TPSA) is 116 Å². The Hall–Kier alpha value is -4.01. The van der Waals surface area contributed by atoms with Crippen molar-refractivity contribution in [2.75, 3.05) is 19.8 Å². The van der Waals surface area contributed by atoms with Gasteiger partial charge in [0.1, 0.15) is 0 Å². The summed E-state index contributed by atoms with van der Waals surface area (Å²) in [5, 5.41) is 12.3. The van der Waals surface area contributed by atoms with Crippen LogP contribution in [0.1, 0.15) is 59.4 Å². The van der Waals surface area contributed by atoms with E-state index in [4.69, 9.17) is 9.47 Å². The van der Waals surface area contributed by atoms with Gasteiger partial charge in [0.2, 0.25) is 5.54 Å². The van der Waals surface area contributed by atoms with Crippen molar-refractivity contribution in [1.82, 2.24) is 4.90 Å². The molecule has 2 amide bonds. The van der Waals surface area contributed by atoms with E-state index in [0.717, 1.165) is 10.3 Å². The van der Waals surface area contributed by atoms with Crippen LogP contribution in [-0.2, 0) is 19.1 Å². The Balaban J connectivity index is 1.89. The number of hydrogen-bond acceptors (Lipinski definition) is 7. The van der Waals surface area contributed by atoms with Crippen molar-refractivity contribution >= 4 is 30.0 Å². The van der Waals surface area contributed by atoms with Gasteiger partial charge in [-0.25, -0.2) is 19.2 Å². The van der Waals surface area contributed by atoms with Crippen LogP contribution in [0, 0.1) is 5.21 Å². The molecule has 184 valence electrons. The average Bonchev–Trinajstić information content (AvgIpc) is 3.11. The highest BCUT2D eigenvalue weighted by atomic mass is 16.6. The molecule has 1 aliphatic rings. The summed E-state index contributed by atoms with van der Waals surface area (Å²) in [6.45, 7) is 3.07. The summed E-state index contributed by atoms with van der Waals surface area (Å²) in [4.78, 5) is 53.6. The van der Waals surface area contributed by atoms with Crippen LogP contribution in [0.3, 0.4) is 0 Å². The van der Waals surface area contributed by atoms with E-state index >= 15 is 0 Å². The number of unbranched alkanes of at least 4 members (excludes halogenated alkanes) is 1. The molecular weight excluding hydrogens is 452 g/mol. The van der Waals surface area contributed by atoms with Gasteiger partial charge in [-0.3, -0.25) is 9.59 Å². The van der Waals surface area contributed by atoms with Crippen LogP contribution >= 0.6 is 0 Å². The average molecular weight is 481 g/mol. The fourth-order valence-corrected chi connectivity index (χ4v) is 4.04. The van der Waals surface area contributed by atoms with Crippen LogP contribution in [-0.4, -0.2) is 64.9 Å². The minimum absolute atomic E-state index is 0.0659. The molecule has 0 radical (unpaired) electrons. The number of fused-ring (bicyclic) bond motifs is 1. The number of nitrogens with zero attached hydrogens (tertiary/aromatic N) is 2. The monoisotopic (exact) mass is 480 g/mol. The first-order chi connectivity index (χ1) is 16.9. The number of esters is 2. The smallest absolute Gasteiger partial charge is 0.344 e. The van der Waals surface area contributed by atoms with Crippen LogP contribution in [0.5, 0.6) is 0 Å². The predicted molar refractivity (Wildman–Crippen MR) is 127 cm³/mol. The lowest BCUT2D eigenvalue weighted by Crippen LogP contribution is -2.63. The molecule has 2 aromatic carbocycles. The quantitative estimate of drug-likeness (QED) is 0.0710. The lowest BCUT2D eigenvalue weighted by Gasteiger charge is -2.35. The van der Waals surface area contributed by atoms with E-state index in [2.05, 4.69) is 0 Å². The molecule has 0 fully saturated rings. The minimum Gasteiger partial charge on any atom is -0.624 e. The predicted octanol–water partition coefficient (Wildman–Crippen LogP) is 2.95. The zero-order valence-corrected chi connectivity index (χ0v) is 19.8. The lowest BCUT2D eigenvalue weighted by atomic mass is 9.90. The van der Waals surface area contributed by atoms with Gasteiger partial charge in [-0.15, -0.1) is 0 Å². The van der Waals surface area contributed by atoms with Crippen LogP contribution in [0.2, 0.25) is 0 Å². The van der Waals surface area contributed by atoms with Gasteiger partial charge in [0.05, 0.1) is 24.3 Å². The third-order valence-corrected chi connectivity index (χ3v) is 5.66. The van der Waals surface area contributed by atoms with Crippen molar-refractivity contribution in [3.05, 3.63) is 76.5 Å². The largest absolute Gasteiger partial charge is 0.624 e. The fraction of sp³-hybridized carbons (Fsp3) is 0.346. The molecule has 2 aromatic rings. The first kappa shape index (κ1) is 25.6. The van der Waals surface area contributed by atoms with Gasteiger partial charge in [0.25, 0.3) is 11.8 Å². The molecule has 0 aliphatic carbocycles. The van der Waals surface area contributed by atoms with Crippen LogP contribution in [0.15, 0.2) is 54.6 Å². The number of benzene rings is 2. The SMILES string of the molecule is CCOC(=O)C(CCCC/[N+]([O-])=C/c1ccccc1)(C(=O)OCC)N1C(=O)c2ccccc2C1=O. The summed E-state index contributed by atoms with van der Waals surface area (Å²) >= 11 is 0. The number of carbonyl (C=O) groups excluding carboxylic acids is 4. The zero-order valence-electron chi connectivity index (χ0n) is 19.8. The molecule has 9 heteroatoms. The van der Waals surface area contributed by atoms with E-state index in [0.29, 0.717) is 4.90 Å². The van der Waals surface area contributed by atoms with Gasteiger partial charge in [-0.1, -0.05) is 30.3 Å². The Labute approximate surface area is 203 Å². The number of carbonyl (C=O) groups is 4. The number of imide groups is 1. The molecule has 0 spiro atoms. The third-order valence-electron chi connectivity index (χ3n) is 5.66. The van der Waals surface area contributed by atoms with Gasteiger partial charge in [-0.05, 0) is 51.0 Å². The number of hydroxylamine groups is 1. The van der Waals surface area contributed by atoms with E-state index in [9.17, 15) is 24.4 Å². The standard InChI is InChI=1S/C26H28N2O7/c1-3-34-24(31)26(25(32)35-4-2,28-22(29)20-14-8-9-15-21(20)23(28)30)16-10-11-17-27(33)18-19-12-6-5-7-13-19/h5-9,12-15,18H,3-4,10-11,16-17H2,1-2H3/b27-18-. The Bertz CT molecular complexity index is 1070. The maximum atomic E-state index is 13.2. The minimum atomic E-state index is -2.30. The normalized spacial score (nSPS) is 13.5. The number of hydrogen-bond donors (Lipinski definition) is 0. The highest BCUT2D eigenvalue weighted by Crippen LogP contribution is 2.35. The molecule has 0 saturated carbocycles. The van der Waals surface area contributed by atoms with Crippen molar-refractivity contribution < 1.29 is 33.4 Å². The molecular formula is C26H28N2O7. The van der Waals surface area contributed by atoms with Gasteiger partial charge >= 0.3 is 11.9 Å². The van der Waals surface area contributed by atoms with Gasteiger partial charge in [0, 0.05) is 12.0 Å². The molecule has 0 aromatic heterocycles. The van der Waals surface area contributed by atoms with Crippen LogP contribution in [0.4, 0.5) is 0 Å². The van der Waals surface area contributed by atoms with Crippen molar-refractivity contribution in [3.8, 4) is 0 Å². The lowest BCUT2D eigenvalue weighted by molar-refractivity contribution is -0.453. The second kappa shape index (κ2) is 11.4. The van der Waals surface area contributed by atoms with E-state index in [-0.39, 0.29) is 50.1 Å². The fourth-order valence-electron chi connectivity index (χ4n) is 4.04. The van der Waals surface area contributed by atoms with Crippen molar-refractivity contribution in [2.24, 2.45) is 0 Å². The van der Waals surface area contributed by atoms with Gasteiger partial charge in [-0.2, -0.15) is 0 Å². The number of rotatable bonds is 11. The molecule has 1 aliphatic heterocycles. The highest BCUT2D eigenvalue weighted by molar-refractivity contribution is 6.26. The Morgan fingerprint density at radius 1 is 0.886 bits per heavy atom. The van der Waals surface area contributed by atoms with Crippen molar-refractivity contribution in [2.45, 2.75) is 38.6 Å². The van der Waals surface area contributed by atoms with Crippen LogP contribution < -0.4 is 0 Å². The van der Waals surface area contributed by atoms with E-state index in [1.807, 2.05) is 18.2 Å². The molecule has 35 heavy (non-hydrogen) atoms. The van der Waals surface area contributed by atoms with Crippen molar-refractivity contribution in [3.63, 3.8) is 0 Å². The van der Waals surface area contributed by atoms with E-state index in [1.54, 1.807) is 38.1 Å². The van der Waals surface area contributed by atoms with E-state index < -0.39 is 29.3 Å². The Morgan fingerprint density at radius 2 is 1.40 bits per heavy atom. The summed E-state index contributed by atoms with van der Waals surface area (Å²) in [6, 6.07) is 15.2. The second-order valence-corrected chi connectivity index (χ2v) is 7.93. The summed E-state index contributed by atoms with van der Waals surface area (Å²) in [5.74, 6) is -3.62. The van der Waals surface area contributed by atoms with Crippen LogP contribution in [0.25, 0.3) is 0 Å². The molecule has 1 heterocycles. The summed E-state index contributed by atoms with van der Waals surface area (Å²) in [5.41, 5.74) is -1.37. The summed E-state index contributed by atoms with van der Waals surface area (Å²) < 4.78 is 11.1. The molecule has 0 saturated heterocycles. The van der Waals surface area contributed by atoms with Gasteiger partial charge in [0.15, 0.2) is 12.8 Å². The first-order valence-electron chi connectivity index (χ1n) is 11.5. The summed E-state index contributed by atoms with van der Waals surface area (Å²) in [7, 11) is 0. The molecule has 9 nitrogen and oxygen atoms in total. The van der Waals surface area contributed by atoms with Crippen molar-refractivity contribution in [1.29, 1.82) is 0 Å². The molecule has 0 bridgehead atoms. The first-order valence-corrected chi connectivity index (χ1v) is 11.5. The van der Waals surface area contributed by atoms with E-state index in [1.165, 1.54) is 18.3 Å². The molecule has 0 N–H and O–H groups in total. The zero-order chi connectivity index (χ0) is 25.4. The molecule has 0 atom stereocenters. The van der Waals surface area contributed by atoms with Gasteiger partial charge < -0.3 is 14.7 Å². The maximum absolute atomic E-state index is 13.2. The Morgan fingerprint density at radius 3 is 1.91 bits per heavy atom. The number of ether oxygens (including phenoxy) is 2. The maximum Gasteiger partial charge on any atom is 0.344 e. The third kappa shape index (κ3) is 5.24. The molecule has 3 rings (SSSR count).